The van der Waals surface area contributed by atoms with Gasteiger partial charge in [-0.2, -0.15) is 0 Å². The third kappa shape index (κ3) is 14.6. The van der Waals surface area contributed by atoms with Crippen LogP contribution in [0.4, 0.5) is 22.7 Å². The first kappa shape index (κ1) is 71.9. The van der Waals surface area contributed by atoms with Crippen molar-refractivity contribution >= 4 is 136 Å². The van der Waals surface area contributed by atoms with Gasteiger partial charge in [-0.3, -0.25) is 49.5 Å². The quantitative estimate of drug-likeness (QED) is 0.0548. The van der Waals surface area contributed by atoms with E-state index in [1.54, 1.807) is 127 Å². The summed E-state index contributed by atoms with van der Waals surface area (Å²) < 4.78 is 1.52. The fraction of sp³-hybridized carbons (Fsp3) is 0.212. The predicted octanol–water partition coefficient (Wildman–Crippen LogP) is 13.4. The maximum absolute atomic E-state index is 12.8. The number of halogens is 7. The number of hydrogen-bond donors (Lipinski definition) is 4. The molecule has 8 aromatic carbocycles. The van der Waals surface area contributed by atoms with Crippen molar-refractivity contribution < 1.29 is 54.4 Å². The first-order valence-electron chi connectivity index (χ1n) is 28.0. The van der Waals surface area contributed by atoms with Crippen molar-refractivity contribution in [3.8, 4) is 0 Å². The van der Waals surface area contributed by atoms with E-state index < -0.39 is 74.5 Å². The van der Waals surface area contributed by atoms with Crippen molar-refractivity contribution in [3.63, 3.8) is 0 Å². The Balaban J connectivity index is 0.000000160. The number of fused-ring (bicyclic) bond motifs is 4. The highest BCUT2D eigenvalue weighted by molar-refractivity contribution is 9.10. The van der Waals surface area contributed by atoms with Gasteiger partial charge >= 0.3 is 0 Å². The molecule has 0 fully saturated rings. The molecule has 4 aliphatic rings. The molecule has 4 amide bonds. The summed E-state index contributed by atoms with van der Waals surface area (Å²) in [7, 11) is 0. The zero-order chi connectivity index (χ0) is 67.5. The zero-order valence-corrected chi connectivity index (χ0v) is 55.5. The Morgan fingerprint density at radius 2 is 0.702 bits per heavy atom. The van der Waals surface area contributed by atoms with Crippen LogP contribution in [-0.4, -0.2) is 78.5 Å². The van der Waals surface area contributed by atoms with Crippen LogP contribution >= 0.6 is 89.9 Å². The van der Waals surface area contributed by atoms with Gasteiger partial charge in [-0.15, -0.1) is 0 Å². The minimum absolute atomic E-state index is 0. The largest absolute Gasteiger partial charge is 0.375 e. The van der Waals surface area contributed by atoms with E-state index in [2.05, 4.69) is 31.9 Å². The summed E-state index contributed by atoms with van der Waals surface area (Å²) in [5.41, 5.74) is -1.85. The minimum atomic E-state index is -2.21. The maximum atomic E-state index is 12.8. The summed E-state index contributed by atoms with van der Waals surface area (Å²) in [5, 5.41) is 78.0. The van der Waals surface area contributed by atoms with Crippen LogP contribution in [-0.2, 0) is 67.8 Å². The molecule has 94 heavy (non-hydrogen) atoms. The van der Waals surface area contributed by atoms with Gasteiger partial charge < -0.3 is 40.0 Å². The summed E-state index contributed by atoms with van der Waals surface area (Å²) in [6, 6.07) is 49.9. The summed E-state index contributed by atoms with van der Waals surface area (Å²) in [6.45, 7) is -0.132. The normalized spacial score (nSPS) is 19.5. The van der Waals surface area contributed by atoms with Crippen molar-refractivity contribution in [1.29, 1.82) is 0 Å². The number of para-hydroxylation sites is 1. The topological polar surface area (TPSA) is 292 Å². The molecule has 0 radical (unpaired) electrons. The summed E-state index contributed by atoms with van der Waals surface area (Å²) >= 11 is 37.0. The van der Waals surface area contributed by atoms with Gasteiger partial charge in [0.1, 0.15) is 0 Å². The highest BCUT2D eigenvalue weighted by atomic mass is 79.9. The second-order valence-electron chi connectivity index (χ2n) is 21.7. The highest BCUT2D eigenvalue weighted by Gasteiger charge is 2.56. The third-order valence-electron chi connectivity index (χ3n) is 15.8. The lowest BCUT2D eigenvalue weighted by Crippen LogP contribution is -2.44. The molecule has 0 saturated heterocycles. The molecule has 488 valence electrons. The van der Waals surface area contributed by atoms with Gasteiger partial charge in [0.15, 0.2) is 5.60 Å². The van der Waals surface area contributed by atoms with E-state index in [1.807, 2.05) is 42.5 Å². The molecule has 4 heterocycles. The van der Waals surface area contributed by atoms with Gasteiger partial charge in [0.25, 0.3) is 23.6 Å². The standard InChI is InChI=1S/C17H15Cl2NO2.2C16H12BrClN2O4.C16H13ClN2O4.CH4/c1-2-17(22)13-9-12(18)7-8-15(13)20(16(17)21)10-11-5-3-4-6-14(11)19;17-11-3-1-10(2-4-11)8-19-14-6-5-12(18)7-13(14)16(22,15(19)21)9-20(23)24;17-11-5-6-14-12(7-11)16(22,9-20(23)24)15(21)19(14)8-10-3-1-2-4-13(10)18;17-13-7-3-1-5-11(13)9-18-14-8-4-2-6-12(14)16(21,15(18)20)10-19(22)23;/h3-9,22H,2,10H2,1H3;2*1-7,22H,8-9H2;1-8,21H,9-10H2;1H4. The Bertz CT molecular complexity index is 4290. The molecule has 12 rings (SSSR count). The molecular formula is C66H56Br2Cl5N7O14. The summed E-state index contributed by atoms with van der Waals surface area (Å²) in [4.78, 5) is 87.2. The number of amides is 4. The Hall–Kier alpha value is -7.91. The monoisotopic (exact) mass is 1500 g/mol. The minimum Gasteiger partial charge on any atom is -0.375 e. The van der Waals surface area contributed by atoms with Gasteiger partial charge in [0, 0.05) is 71.1 Å². The number of anilines is 4. The fourth-order valence-corrected chi connectivity index (χ4v) is 12.8. The van der Waals surface area contributed by atoms with Crippen molar-refractivity contribution in [2.24, 2.45) is 0 Å². The van der Waals surface area contributed by atoms with Crippen LogP contribution in [0.1, 0.15) is 65.3 Å². The maximum Gasteiger partial charge on any atom is 0.271 e. The third-order valence-corrected chi connectivity index (χ3v) is 18.4. The summed E-state index contributed by atoms with van der Waals surface area (Å²) in [5.74, 6) is -2.51. The van der Waals surface area contributed by atoms with Crippen LogP contribution < -0.4 is 19.6 Å². The predicted molar refractivity (Wildman–Crippen MR) is 365 cm³/mol. The molecule has 0 spiro atoms. The molecule has 4 atom stereocenters. The van der Waals surface area contributed by atoms with Crippen molar-refractivity contribution in [1.82, 2.24) is 0 Å². The molecule has 0 aromatic heterocycles. The first-order chi connectivity index (χ1) is 44.0. The lowest BCUT2D eigenvalue weighted by atomic mass is 9.93. The van der Waals surface area contributed by atoms with Crippen molar-refractivity contribution in [3.05, 3.63) is 285 Å². The SMILES string of the molecule is C.CCC1(O)C(=O)N(Cc2ccccc2Cl)c2ccc(Cl)cc21.O=C1N(Cc2ccc(Br)cc2)c2ccc(Cl)cc2C1(O)C[N+](=O)[O-].O=C1N(Cc2ccccc2Cl)c2ccc(Br)cc2C1(O)C[N+](=O)[O-].O=C1N(Cc2ccccc2Cl)c2ccccc2C1(O)C[N+](=O)[O-]. The second-order valence-corrected chi connectivity index (χ2v) is 25.7. The van der Waals surface area contributed by atoms with E-state index in [1.165, 1.54) is 32.9 Å². The molecular weight excluding hydrogens is 1450 g/mol. The van der Waals surface area contributed by atoms with Crippen molar-refractivity contribution in [2.75, 3.05) is 39.2 Å². The number of carbonyl (C=O) groups excluding carboxylic acids is 4. The Labute approximate surface area is 579 Å². The van der Waals surface area contributed by atoms with E-state index in [0.717, 1.165) is 15.6 Å². The van der Waals surface area contributed by atoms with Gasteiger partial charge in [-0.25, -0.2) is 0 Å². The lowest BCUT2D eigenvalue weighted by Gasteiger charge is -2.22. The zero-order valence-electron chi connectivity index (χ0n) is 48.5. The summed E-state index contributed by atoms with van der Waals surface area (Å²) in [6.07, 6.45) is 0.290. The van der Waals surface area contributed by atoms with E-state index in [4.69, 9.17) is 58.0 Å². The van der Waals surface area contributed by atoms with Gasteiger partial charge in [0.05, 0.1) is 48.9 Å². The molecule has 4 N–H and O–H groups in total. The smallest absolute Gasteiger partial charge is 0.271 e. The van der Waals surface area contributed by atoms with Crippen LogP contribution in [0.3, 0.4) is 0 Å². The van der Waals surface area contributed by atoms with Gasteiger partial charge in [0.2, 0.25) is 36.4 Å². The van der Waals surface area contributed by atoms with Crippen LogP contribution in [0.5, 0.6) is 0 Å². The number of carbonyl (C=O) groups is 4. The van der Waals surface area contributed by atoms with Crippen molar-refractivity contribution in [2.45, 2.75) is 69.4 Å². The molecule has 0 bridgehead atoms. The Morgan fingerprint density at radius 1 is 0.394 bits per heavy atom. The van der Waals surface area contributed by atoms with Crippen LogP contribution in [0.2, 0.25) is 25.1 Å². The number of benzene rings is 8. The molecule has 4 aliphatic heterocycles. The molecule has 21 nitrogen and oxygen atoms in total. The van der Waals surface area contributed by atoms with Crippen LogP contribution in [0, 0.1) is 30.3 Å². The number of nitro groups is 3. The highest BCUT2D eigenvalue weighted by Crippen LogP contribution is 2.47. The number of nitrogens with zero attached hydrogens (tertiary/aromatic N) is 7. The number of rotatable bonds is 15. The second kappa shape index (κ2) is 29.4. The average molecular weight is 1510 g/mol. The van der Waals surface area contributed by atoms with Gasteiger partial charge in [-0.1, -0.05) is 189 Å². The average Bonchev–Trinajstić information content (AvgIpc) is 1.62. The number of aliphatic hydroxyl groups is 4. The van der Waals surface area contributed by atoms with E-state index >= 15 is 0 Å². The molecule has 8 aromatic rings. The van der Waals surface area contributed by atoms with E-state index in [-0.39, 0.29) is 56.1 Å². The molecule has 0 aliphatic carbocycles. The Morgan fingerprint density at radius 3 is 1.10 bits per heavy atom. The van der Waals surface area contributed by atoms with Crippen LogP contribution in [0.15, 0.2) is 185 Å². The molecule has 0 saturated carbocycles. The van der Waals surface area contributed by atoms with Gasteiger partial charge in [-0.05, 0) is 120 Å². The first-order valence-corrected chi connectivity index (χ1v) is 31.5. The molecule has 4 unspecified atom stereocenters. The van der Waals surface area contributed by atoms with Crippen LogP contribution in [0.25, 0.3) is 0 Å². The fourth-order valence-electron chi connectivity index (χ4n) is 11.2. The lowest BCUT2D eigenvalue weighted by molar-refractivity contribution is -0.498. The Kier molecular flexibility index (Phi) is 22.5. The van der Waals surface area contributed by atoms with E-state index in [0.29, 0.717) is 75.6 Å². The molecule has 28 heteroatoms. The van der Waals surface area contributed by atoms with E-state index in [9.17, 15) is 69.9 Å². The number of hydrogen-bond acceptors (Lipinski definition) is 14.